The molecule has 0 aliphatic heterocycles. The van der Waals surface area contributed by atoms with Crippen LogP contribution >= 0.6 is 0 Å². The summed E-state index contributed by atoms with van der Waals surface area (Å²) in [6.45, 7) is 7.63. The van der Waals surface area contributed by atoms with Gasteiger partial charge in [-0.15, -0.1) is 0 Å². The first-order valence-corrected chi connectivity index (χ1v) is 5.33. The summed E-state index contributed by atoms with van der Waals surface area (Å²) in [5.74, 6) is 0.924. The Labute approximate surface area is 87.0 Å². The zero-order chi connectivity index (χ0) is 10.8. The highest BCUT2D eigenvalue weighted by Gasteiger charge is 2.39. The van der Waals surface area contributed by atoms with Gasteiger partial charge in [-0.1, -0.05) is 26.8 Å². The molecular formula is C12H22O2. The molecular weight excluding hydrogens is 176 g/mol. The van der Waals surface area contributed by atoms with E-state index >= 15 is 0 Å². The fourth-order valence-electron chi connectivity index (χ4n) is 2.54. The second-order valence-electron chi connectivity index (χ2n) is 4.89. The summed E-state index contributed by atoms with van der Waals surface area (Å²) in [5.41, 5.74) is 1.56. The van der Waals surface area contributed by atoms with Gasteiger partial charge in [-0.25, -0.2) is 0 Å². The van der Waals surface area contributed by atoms with E-state index in [-0.39, 0.29) is 12.0 Å². The number of hydrogen-bond acceptors (Lipinski definition) is 2. The van der Waals surface area contributed by atoms with Gasteiger partial charge in [-0.3, -0.25) is 0 Å². The zero-order valence-electron chi connectivity index (χ0n) is 9.71. The Morgan fingerprint density at radius 1 is 1.64 bits per heavy atom. The van der Waals surface area contributed by atoms with Crippen LogP contribution in [-0.4, -0.2) is 25.4 Å². The molecule has 0 spiro atoms. The summed E-state index contributed by atoms with van der Waals surface area (Å²) < 4.78 is 5.19. The Balaban J connectivity index is 2.71. The van der Waals surface area contributed by atoms with Gasteiger partial charge in [0.2, 0.25) is 0 Å². The van der Waals surface area contributed by atoms with Crippen LogP contribution in [0.4, 0.5) is 0 Å². The van der Waals surface area contributed by atoms with Crippen molar-refractivity contribution in [1.82, 2.24) is 0 Å². The Morgan fingerprint density at radius 3 is 2.79 bits per heavy atom. The van der Waals surface area contributed by atoms with E-state index in [2.05, 4.69) is 26.8 Å². The Morgan fingerprint density at radius 2 is 2.29 bits per heavy atom. The number of methoxy groups -OCH3 is 1. The Hall–Kier alpha value is -0.340. The molecule has 1 rings (SSSR count). The van der Waals surface area contributed by atoms with E-state index in [4.69, 9.17) is 4.74 Å². The van der Waals surface area contributed by atoms with Crippen LogP contribution in [-0.2, 0) is 4.74 Å². The Bertz CT molecular complexity index is 218. The van der Waals surface area contributed by atoms with Crippen molar-refractivity contribution in [3.63, 3.8) is 0 Å². The molecule has 0 saturated heterocycles. The van der Waals surface area contributed by atoms with E-state index in [0.717, 1.165) is 13.0 Å². The average molecular weight is 198 g/mol. The predicted molar refractivity (Wildman–Crippen MR) is 58.1 cm³/mol. The minimum Gasteiger partial charge on any atom is -0.396 e. The van der Waals surface area contributed by atoms with Gasteiger partial charge in [0.1, 0.15) is 0 Å². The minimum atomic E-state index is 0.179. The molecule has 2 heteroatoms. The molecule has 82 valence electrons. The summed E-state index contributed by atoms with van der Waals surface area (Å²) >= 11 is 0. The highest BCUT2D eigenvalue weighted by Crippen LogP contribution is 2.46. The lowest BCUT2D eigenvalue weighted by atomic mass is 9.72. The topological polar surface area (TPSA) is 29.5 Å². The van der Waals surface area contributed by atoms with Gasteiger partial charge in [0.05, 0.1) is 6.61 Å². The second kappa shape index (κ2) is 4.45. The van der Waals surface area contributed by atoms with Crippen LogP contribution in [0.15, 0.2) is 11.6 Å². The smallest absolute Gasteiger partial charge is 0.0678 e. The summed E-state index contributed by atoms with van der Waals surface area (Å²) in [7, 11) is 1.74. The number of rotatable bonds is 4. The number of hydrogen-bond donors (Lipinski definition) is 1. The van der Waals surface area contributed by atoms with Crippen molar-refractivity contribution in [2.75, 3.05) is 20.3 Å². The van der Waals surface area contributed by atoms with Crippen LogP contribution in [0.1, 0.15) is 27.2 Å². The van der Waals surface area contributed by atoms with Crippen molar-refractivity contribution < 1.29 is 9.84 Å². The summed E-state index contributed by atoms with van der Waals surface area (Å²) in [6.07, 6.45) is 3.35. The third-order valence-electron chi connectivity index (χ3n) is 3.65. The van der Waals surface area contributed by atoms with Crippen LogP contribution in [0, 0.1) is 17.3 Å². The minimum absolute atomic E-state index is 0.179. The number of aliphatic hydroxyl groups is 1. The average Bonchev–Trinajstić information content (AvgIpc) is 2.42. The molecule has 14 heavy (non-hydrogen) atoms. The van der Waals surface area contributed by atoms with Gasteiger partial charge in [0.25, 0.3) is 0 Å². The molecule has 1 N–H and O–H groups in total. The number of allylic oxidation sites excluding steroid dienone is 1. The molecule has 0 amide bonds. The molecule has 0 fully saturated rings. The lowest BCUT2D eigenvalue weighted by Gasteiger charge is -2.34. The van der Waals surface area contributed by atoms with Crippen LogP contribution < -0.4 is 0 Å². The third-order valence-corrected chi connectivity index (χ3v) is 3.65. The van der Waals surface area contributed by atoms with Gasteiger partial charge in [0, 0.05) is 13.7 Å². The zero-order valence-corrected chi connectivity index (χ0v) is 9.71. The maximum Gasteiger partial charge on any atom is 0.0678 e. The highest BCUT2D eigenvalue weighted by atomic mass is 16.5. The maximum atomic E-state index is 9.19. The van der Waals surface area contributed by atoms with Gasteiger partial charge < -0.3 is 9.84 Å². The first-order valence-electron chi connectivity index (χ1n) is 5.33. The normalized spacial score (nSPS) is 27.5. The van der Waals surface area contributed by atoms with E-state index in [1.54, 1.807) is 7.11 Å². The predicted octanol–water partition coefficient (Wildman–Crippen LogP) is 2.23. The van der Waals surface area contributed by atoms with E-state index in [1.807, 2.05) is 0 Å². The van der Waals surface area contributed by atoms with Gasteiger partial charge in [-0.05, 0) is 29.2 Å². The van der Waals surface area contributed by atoms with Crippen LogP contribution in [0.3, 0.4) is 0 Å². The van der Waals surface area contributed by atoms with Crippen molar-refractivity contribution >= 4 is 0 Å². The molecule has 1 aliphatic carbocycles. The van der Waals surface area contributed by atoms with Crippen molar-refractivity contribution in [1.29, 1.82) is 0 Å². The fourth-order valence-corrected chi connectivity index (χ4v) is 2.54. The van der Waals surface area contributed by atoms with E-state index in [9.17, 15) is 5.11 Å². The molecule has 2 nitrogen and oxygen atoms in total. The highest BCUT2D eigenvalue weighted by molar-refractivity contribution is 5.21. The molecule has 0 aromatic rings. The maximum absolute atomic E-state index is 9.19. The standard InChI is InChI=1S/C12H22O2/c1-9(7-13)11-6-5-10(8-14-4)12(11,2)3/h5,9,11,13H,6-8H2,1-4H3. The molecule has 2 unspecified atom stereocenters. The molecule has 1 aliphatic rings. The van der Waals surface area contributed by atoms with Crippen LogP contribution in [0.25, 0.3) is 0 Å². The largest absolute Gasteiger partial charge is 0.396 e. The lowest BCUT2D eigenvalue weighted by molar-refractivity contribution is 0.119. The summed E-state index contributed by atoms with van der Waals surface area (Å²) in [6, 6.07) is 0. The fraction of sp³-hybridized carbons (Fsp3) is 0.833. The van der Waals surface area contributed by atoms with Gasteiger partial charge in [-0.2, -0.15) is 0 Å². The summed E-state index contributed by atoms with van der Waals surface area (Å²) in [4.78, 5) is 0. The third kappa shape index (κ3) is 2.01. The van der Waals surface area contributed by atoms with Gasteiger partial charge >= 0.3 is 0 Å². The molecule has 0 aromatic carbocycles. The Kier molecular flexibility index (Phi) is 3.73. The van der Waals surface area contributed by atoms with Gasteiger partial charge in [0.15, 0.2) is 0 Å². The van der Waals surface area contributed by atoms with Crippen molar-refractivity contribution in [3.05, 3.63) is 11.6 Å². The lowest BCUT2D eigenvalue weighted by Crippen LogP contribution is -2.29. The summed E-state index contributed by atoms with van der Waals surface area (Å²) in [5, 5.41) is 9.19. The van der Waals surface area contributed by atoms with Crippen LogP contribution in [0.5, 0.6) is 0 Å². The first kappa shape index (κ1) is 11.7. The molecule has 0 bridgehead atoms. The van der Waals surface area contributed by atoms with E-state index in [0.29, 0.717) is 11.8 Å². The SMILES string of the molecule is COCC1=CCC(C(C)CO)C1(C)C. The van der Waals surface area contributed by atoms with E-state index < -0.39 is 0 Å². The van der Waals surface area contributed by atoms with Crippen molar-refractivity contribution in [3.8, 4) is 0 Å². The first-order chi connectivity index (χ1) is 6.54. The molecule has 0 saturated carbocycles. The quantitative estimate of drug-likeness (QED) is 0.702. The molecule has 0 heterocycles. The van der Waals surface area contributed by atoms with Crippen molar-refractivity contribution in [2.45, 2.75) is 27.2 Å². The number of ether oxygens (including phenoxy) is 1. The molecule has 0 aromatic heterocycles. The monoisotopic (exact) mass is 198 g/mol. The van der Waals surface area contributed by atoms with E-state index in [1.165, 1.54) is 5.57 Å². The molecule has 2 atom stereocenters. The molecule has 0 radical (unpaired) electrons. The van der Waals surface area contributed by atoms with Crippen molar-refractivity contribution in [2.24, 2.45) is 17.3 Å². The van der Waals surface area contributed by atoms with Crippen LogP contribution in [0.2, 0.25) is 0 Å². The second-order valence-corrected chi connectivity index (χ2v) is 4.89. The number of aliphatic hydroxyl groups excluding tert-OH is 1.